The molecule has 1 nitrogen and oxygen atoms in total. The van der Waals surface area contributed by atoms with E-state index in [9.17, 15) is 0 Å². The van der Waals surface area contributed by atoms with Gasteiger partial charge in [0.2, 0.25) is 0 Å². The standard InChI is InChI=1S/C5H12Si.C2H8OSi.C2H8Si/c1-5-6(2,3)4;1-4(2)3;1-3-2/h5H,1H2,2-4H3;3-4H,1-2H3;3H2,1-2H3. The summed E-state index contributed by atoms with van der Waals surface area (Å²) < 4.78 is 0. The van der Waals surface area contributed by atoms with Gasteiger partial charge in [-0.25, -0.2) is 0 Å². The average molecular weight is 237 g/mol. The van der Waals surface area contributed by atoms with E-state index in [2.05, 4.69) is 45.0 Å². The summed E-state index contributed by atoms with van der Waals surface area (Å²) in [6.45, 7) is 18.7. The van der Waals surface area contributed by atoms with Gasteiger partial charge >= 0.3 is 0 Å². The van der Waals surface area contributed by atoms with Gasteiger partial charge in [0.15, 0.2) is 9.04 Å². The van der Waals surface area contributed by atoms with E-state index in [-0.39, 0.29) is 0 Å². The van der Waals surface area contributed by atoms with E-state index in [0.717, 1.165) is 0 Å². The summed E-state index contributed by atoms with van der Waals surface area (Å²) in [5.41, 5.74) is 2.08. The van der Waals surface area contributed by atoms with Gasteiger partial charge in [0.05, 0.1) is 8.07 Å². The molecule has 0 aromatic carbocycles. The summed E-state index contributed by atoms with van der Waals surface area (Å²) in [6, 6.07) is 0. The summed E-state index contributed by atoms with van der Waals surface area (Å²) in [5, 5.41) is 0. The molecule has 0 unspecified atom stereocenters. The molecule has 0 fully saturated rings. The van der Waals surface area contributed by atoms with E-state index in [1.54, 1.807) is 0 Å². The zero-order valence-corrected chi connectivity index (χ0v) is 14.1. The van der Waals surface area contributed by atoms with Gasteiger partial charge in [0.1, 0.15) is 0 Å². The molecule has 0 atom stereocenters. The largest absolute Gasteiger partial charge is 0.435 e. The summed E-state index contributed by atoms with van der Waals surface area (Å²) in [7, 11) is -1.59. The second kappa shape index (κ2) is 12.4. The Hall–Kier alpha value is 0.351. The van der Waals surface area contributed by atoms with Crippen LogP contribution in [0, 0.1) is 0 Å². The Morgan fingerprint density at radius 3 is 1.31 bits per heavy atom. The number of hydrogen-bond donors (Lipinski definition) is 1. The van der Waals surface area contributed by atoms with Crippen LogP contribution < -0.4 is 0 Å². The fourth-order valence-corrected chi connectivity index (χ4v) is 0. The maximum atomic E-state index is 8.19. The Kier molecular flexibility index (Phi) is 18.1. The molecule has 82 valence electrons. The van der Waals surface area contributed by atoms with Gasteiger partial charge in [0, 0.05) is 9.52 Å². The predicted molar refractivity (Wildman–Crippen MR) is 74.9 cm³/mol. The first-order valence-corrected chi connectivity index (χ1v) is 14.3. The van der Waals surface area contributed by atoms with Crippen molar-refractivity contribution in [2.75, 3.05) is 0 Å². The van der Waals surface area contributed by atoms with E-state index in [1.165, 1.54) is 0 Å². The first kappa shape index (κ1) is 19.0. The van der Waals surface area contributed by atoms with Crippen molar-refractivity contribution in [1.29, 1.82) is 0 Å². The van der Waals surface area contributed by atoms with Gasteiger partial charge in [-0.3, -0.25) is 0 Å². The van der Waals surface area contributed by atoms with Crippen LogP contribution in [0.15, 0.2) is 12.3 Å². The predicted octanol–water partition coefficient (Wildman–Crippen LogP) is 2.26. The average Bonchev–Trinajstić information content (AvgIpc) is 1.86. The highest BCUT2D eigenvalue weighted by molar-refractivity contribution is 6.80. The fraction of sp³-hybridized carbons (Fsp3) is 0.778. The van der Waals surface area contributed by atoms with Crippen molar-refractivity contribution >= 4 is 26.6 Å². The summed E-state index contributed by atoms with van der Waals surface area (Å²) in [5.74, 6) is 0. The second-order valence-corrected chi connectivity index (χ2v) is 13.1. The SMILES string of the molecule is C=C[Si](C)(C)C.C[SiH2]C.C[SiH](C)O. The molecule has 0 rings (SSSR count). The lowest BCUT2D eigenvalue weighted by Gasteiger charge is -2.04. The highest BCUT2D eigenvalue weighted by Crippen LogP contribution is 1.98. The molecule has 0 spiro atoms. The third-order valence-corrected chi connectivity index (χ3v) is 1.84. The lowest BCUT2D eigenvalue weighted by molar-refractivity contribution is 0.587. The van der Waals surface area contributed by atoms with Gasteiger partial charge in [0.25, 0.3) is 0 Å². The van der Waals surface area contributed by atoms with Crippen LogP contribution in [0.2, 0.25) is 45.8 Å². The van der Waals surface area contributed by atoms with Crippen LogP contribution in [0.1, 0.15) is 0 Å². The Morgan fingerprint density at radius 1 is 1.23 bits per heavy atom. The van der Waals surface area contributed by atoms with Crippen molar-refractivity contribution < 1.29 is 4.80 Å². The summed E-state index contributed by atoms with van der Waals surface area (Å²) in [6.07, 6.45) is 0. The lowest BCUT2D eigenvalue weighted by atomic mass is 11.3. The van der Waals surface area contributed by atoms with Crippen molar-refractivity contribution in [3.63, 3.8) is 0 Å². The smallest absolute Gasteiger partial charge is 0.166 e. The Morgan fingerprint density at radius 2 is 1.31 bits per heavy atom. The van der Waals surface area contributed by atoms with E-state index in [0.29, 0.717) is 9.52 Å². The molecule has 0 saturated heterocycles. The zero-order valence-electron chi connectivity index (χ0n) is 10.5. The van der Waals surface area contributed by atoms with Crippen LogP contribution in [0.4, 0.5) is 0 Å². The van der Waals surface area contributed by atoms with Gasteiger partial charge in [-0.1, -0.05) is 32.7 Å². The van der Waals surface area contributed by atoms with Gasteiger partial charge < -0.3 is 4.80 Å². The minimum absolute atomic E-state index is 0.417. The van der Waals surface area contributed by atoms with E-state index >= 15 is 0 Å². The maximum absolute atomic E-state index is 8.19. The molecule has 1 N–H and O–H groups in total. The van der Waals surface area contributed by atoms with Crippen LogP contribution in [0.5, 0.6) is 0 Å². The summed E-state index contributed by atoms with van der Waals surface area (Å²) >= 11 is 0. The topological polar surface area (TPSA) is 20.2 Å². The molecule has 0 bridgehead atoms. The van der Waals surface area contributed by atoms with Gasteiger partial charge in [-0.05, 0) is 13.1 Å². The van der Waals surface area contributed by atoms with Crippen LogP contribution in [0.25, 0.3) is 0 Å². The van der Waals surface area contributed by atoms with Crippen molar-refractivity contribution in [2.24, 2.45) is 0 Å². The van der Waals surface area contributed by atoms with Crippen molar-refractivity contribution in [2.45, 2.75) is 45.8 Å². The first-order chi connectivity index (χ1) is 5.71. The Bertz CT molecular complexity index is 94.8. The molecule has 0 aliphatic heterocycles. The number of rotatable bonds is 1. The molecule has 0 aromatic rings. The van der Waals surface area contributed by atoms with Crippen molar-refractivity contribution in [3.8, 4) is 0 Å². The third kappa shape index (κ3) is 118. The Labute approximate surface area is 89.8 Å². The van der Waals surface area contributed by atoms with Crippen molar-refractivity contribution in [3.05, 3.63) is 12.3 Å². The quantitative estimate of drug-likeness (QED) is 0.693. The molecule has 13 heavy (non-hydrogen) atoms. The van der Waals surface area contributed by atoms with Gasteiger partial charge in [-0.2, -0.15) is 0 Å². The molecule has 0 saturated carbocycles. The first-order valence-electron chi connectivity index (χ1n) is 5.02. The molecule has 0 heterocycles. The normalized spacial score (nSPS) is 9.31. The van der Waals surface area contributed by atoms with E-state index in [1.807, 2.05) is 13.1 Å². The highest BCUT2D eigenvalue weighted by atomic mass is 28.3. The molecule has 4 heteroatoms. The van der Waals surface area contributed by atoms with Gasteiger partial charge in [-0.15, -0.1) is 12.3 Å². The van der Waals surface area contributed by atoms with E-state index < -0.39 is 17.1 Å². The molecular weight excluding hydrogens is 208 g/mol. The van der Waals surface area contributed by atoms with Crippen LogP contribution in [-0.2, 0) is 0 Å². The third-order valence-electron chi connectivity index (χ3n) is 0.612. The van der Waals surface area contributed by atoms with E-state index in [4.69, 9.17) is 4.80 Å². The maximum Gasteiger partial charge on any atom is 0.166 e. The van der Waals surface area contributed by atoms with Crippen LogP contribution in [-0.4, -0.2) is 31.4 Å². The molecule has 0 amide bonds. The monoisotopic (exact) mass is 236 g/mol. The molecule has 0 aromatic heterocycles. The second-order valence-electron chi connectivity index (χ2n) is 4.37. The zero-order chi connectivity index (χ0) is 11.5. The molecule has 0 radical (unpaired) electrons. The Balaban J connectivity index is -0.000000125. The minimum atomic E-state index is -1.14. The summed E-state index contributed by atoms with van der Waals surface area (Å²) in [4.78, 5) is 8.19. The molecular formula is C9H28OSi3. The fourth-order valence-electron chi connectivity index (χ4n) is 0. The lowest BCUT2D eigenvalue weighted by Crippen LogP contribution is -2.14. The van der Waals surface area contributed by atoms with Crippen LogP contribution >= 0.6 is 0 Å². The van der Waals surface area contributed by atoms with Crippen molar-refractivity contribution in [1.82, 2.24) is 0 Å². The molecule has 0 aliphatic rings. The van der Waals surface area contributed by atoms with Crippen LogP contribution in [0.3, 0.4) is 0 Å². The number of hydrogen-bond acceptors (Lipinski definition) is 1. The highest BCUT2D eigenvalue weighted by Gasteiger charge is 2.03. The minimum Gasteiger partial charge on any atom is -0.435 e. The molecule has 0 aliphatic carbocycles.